The van der Waals surface area contributed by atoms with Crippen LogP contribution >= 0.6 is 0 Å². The molecule has 1 fully saturated rings. The highest BCUT2D eigenvalue weighted by atomic mass is 19.1. The van der Waals surface area contributed by atoms with Crippen molar-refractivity contribution in [2.45, 2.75) is 31.4 Å². The average molecular weight is 268 g/mol. The molecular formula is C13H17FN2O3. The summed E-state index contributed by atoms with van der Waals surface area (Å²) in [6, 6.07) is 3.61. The first kappa shape index (κ1) is 13.9. The van der Waals surface area contributed by atoms with Crippen LogP contribution in [0.2, 0.25) is 0 Å². The van der Waals surface area contributed by atoms with Gasteiger partial charge in [-0.3, -0.25) is 10.1 Å². The van der Waals surface area contributed by atoms with Gasteiger partial charge in [-0.15, -0.1) is 0 Å². The van der Waals surface area contributed by atoms with Gasteiger partial charge in [-0.25, -0.2) is 4.39 Å². The number of nitrogens with zero attached hydrogens (tertiary/aromatic N) is 1. The van der Waals surface area contributed by atoms with Crippen molar-refractivity contribution in [3.05, 3.63) is 39.7 Å². The summed E-state index contributed by atoms with van der Waals surface area (Å²) in [6.07, 6.45) is 3.18. The highest BCUT2D eigenvalue weighted by molar-refractivity contribution is 5.35. The van der Waals surface area contributed by atoms with Crippen molar-refractivity contribution in [1.82, 2.24) is 5.32 Å². The van der Waals surface area contributed by atoms with Gasteiger partial charge in [-0.05, 0) is 30.9 Å². The zero-order chi connectivity index (χ0) is 13.9. The number of halogens is 1. The first-order chi connectivity index (χ1) is 9.04. The minimum absolute atomic E-state index is 0.112. The number of nitro groups is 1. The molecule has 0 amide bonds. The molecule has 0 heterocycles. The lowest BCUT2D eigenvalue weighted by Gasteiger charge is -2.40. The molecule has 1 aromatic rings. The Hall–Kier alpha value is -1.53. The summed E-state index contributed by atoms with van der Waals surface area (Å²) in [4.78, 5) is 10.1. The number of methoxy groups -OCH3 is 1. The topological polar surface area (TPSA) is 64.4 Å². The Bertz CT molecular complexity index is 469. The lowest BCUT2D eigenvalue weighted by atomic mass is 9.80. The van der Waals surface area contributed by atoms with Crippen molar-refractivity contribution in [3.8, 4) is 0 Å². The van der Waals surface area contributed by atoms with E-state index < -0.39 is 10.7 Å². The Morgan fingerprint density at radius 1 is 1.47 bits per heavy atom. The molecule has 0 atom stereocenters. The number of hydrogen-bond acceptors (Lipinski definition) is 4. The van der Waals surface area contributed by atoms with Crippen LogP contribution in [0, 0.1) is 15.9 Å². The van der Waals surface area contributed by atoms with Crippen molar-refractivity contribution < 1.29 is 14.1 Å². The Morgan fingerprint density at radius 3 is 2.74 bits per heavy atom. The Kier molecular flexibility index (Phi) is 4.11. The summed E-state index contributed by atoms with van der Waals surface area (Å²) in [7, 11) is 1.69. The van der Waals surface area contributed by atoms with E-state index in [0.29, 0.717) is 18.7 Å². The number of benzene rings is 1. The second-order valence-corrected chi connectivity index (χ2v) is 4.92. The molecule has 5 nitrogen and oxygen atoms in total. The summed E-state index contributed by atoms with van der Waals surface area (Å²) in [5, 5.41) is 13.8. The first-order valence-corrected chi connectivity index (χ1v) is 6.24. The molecule has 1 aromatic carbocycles. The van der Waals surface area contributed by atoms with Crippen LogP contribution in [0.15, 0.2) is 18.2 Å². The van der Waals surface area contributed by atoms with Crippen LogP contribution in [0.5, 0.6) is 0 Å². The van der Waals surface area contributed by atoms with Gasteiger partial charge in [0.15, 0.2) is 0 Å². The van der Waals surface area contributed by atoms with Crippen molar-refractivity contribution >= 4 is 5.69 Å². The molecule has 0 aromatic heterocycles. The third-order valence-corrected chi connectivity index (χ3v) is 3.63. The van der Waals surface area contributed by atoms with Gasteiger partial charge >= 0.3 is 0 Å². The van der Waals surface area contributed by atoms with Crippen LogP contribution < -0.4 is 5.32 Å². The fourth-order valence-corrected chi connectivity index (χ4v) is 2.30. The Morgan fingerprint density at radius 2 is 2.21 bits per heavy atom. The Labute approximate surface area is 110 Å². The standard InChI is InChI=1S/C13H17FN2O3/c1-19-13(3-2-4-13)9-15-8-10-5-11(14)7-12(6-10)16(17)18/h5-7,15H,2-4,8-9H2,1H3. The van der Waals surface area contributed by atoms with Crippen LogP contribution in [0.25, 0.3) is 0 Å². The molecule has 0 unspecified atom stereocenters. The molecule has 1 aliphatic carbocycles. The molecule has 0 saturated heterocycles. The van der Waals surface area contributed by atoms with E-state index in [1.807, 2.05) is 0 Å². The summed E-state index contributed by atoms with van der Waals surface area (Å²) in [6.45, 7) is 1.07. The summed E-state index contributed by atoms with van der Waals surface area (Å²) < 4.78 is 18.7. The van der Waals surface area contributed by atoms with Gasteiger partial charge in [0.2, 0.25) is 0 Å². The van der Waals surface area contributed by atoms with E-state index in [0.717, 1.165) is 25.3 Å². The number of non-ortho nitro benzene ring substituents is 1. The molecule has 0 bridgehead atoms. The van der Waals surface area contributed by atoms with Gasteiger partial charge in [0.05, 0.1) is 16.6 Å². The van der Waals surface area contributed by atoms with Crippen molar-refractivity contribution in [2.24, 2.45) is 0 Å². The van der Waals surface area contributed by atoms with E-state index in [2.05, 4.69) is 5.32 Å². The Balaban J connectivity index is 1.94. The molecule has 0 spiro atoms. The lowest BCUT2D eigenvalue weighted by molar-refractivity contribution is -0.385. The smallest absolute Gasteiger partial charge is 0.272 e. The summed E-state index contributed by atoms with van der Waals surface area (Å²) >= 11 is 0. The minimum Gasteiger partial charge on any atom is -0.377 e. The molecule has 2 rings (SSSR count). The van der Waals surface area contributed by atoms with Crippen molar-refractivity contribution in [1.29, 1.82) is 0 Å². The second-order valence-electron chi connectivity index (χ2n) is 4.92. The van der Waals surface area contributed by atoms with Gasteiger partial charge in [-0.2, -0.15) is 0 Å². The van der Waals surface area contributed by atoms with Crippen LogP contribution in [0.4, 0.5) is 10.1 Å². The molecule has 0 aliphatic heterocycles. The highest BCUT2D eigenvalue weighted by Gasteiger charge is 2.36. The number of rotatable bonds is 6. The van der Waals surface area contributed by atoms with Crippen LogP contribution in [-0.4, -0.2) is 24.2 Å². The molecule has 1 N–H and O–H groups in total. The molecule has 1 saturated carbocycles. The maximum absolute atomic E-state index is 13.2. The molecular weight excluding hydrogens is 251 g/mol. The molecule has 104 valence electrons. The number of nitrogens with one attached hydrogen (secondary N) is 1. The third kappa shape index (κ3) is 3.27. The van der Waals surface area contributed by atoms with E-state index in [1.165, 1.54) is 12.1 Å². The molecule has 1 aliphatic rings. The monoisotopic (exact) mass is 268 g/mol. The third-order valence-electron chi connectivity index (χ3n) is 3.63. The first-order valence-electron chi connectivity index (χ1n) is 6.24. The average Bonchev–Trinajstić information content (AvgIpc) is 2.32. The summed E-state index contributed by atoms with van der Waals surface area (Å²) in [5.74, 6) is -0.587. The van der Waals surface area contributed by atoms with Crippen molar-refractivity contribution in [2.75, 3.05) is 13.7 Å². The van der Waals surface area contributed by atoms with E-state index in [1.54, 1.807) is 7.11 Å². The van der Waals surface area contributed by atoms with Gasteiger partial charge in [0, 0.05) is 26.3 Å². The predicted molar refractivity (Wildman–Crippen MR) is 68.4 cm³/mol. The minimum atomic E-state index is -0.588. The van der Waals surface area contributed by atoms with Gasteiger partial charge in [-0.1, -0.05) is 0 Å². The largest absolute Gasteiger partial charge is 0.377 e. The van der Waals surface area contributed by atoms with Crippen LogP contribution in [0.1, 0.15) is 24.8 Å². The van der Waals surface area contributed by atoms with Crippen LogP contribution in [0.3, 0.4) is 0 Å². The maximum atomic E-state index is 13.2. The van der Waals surface area contributed by atoms with E-state index in [-0.39, 0.29) is 11.3 Å². The lowest BCUT2D eigenvalue weighted by Crippen LogP contribution is -2.47. The SMILES string of the molecule is COC1(CNCc2cc(F)cc([N+](=O)[O-])c2)CCC1. The predicted octanol–water partition coefficient (Wildman–Crippen LogP) is 2.39. The second kappa shape index (κ2) is 5.63. The van der Waals surface area contributed by atoms with Crippen molar-refractivity contribution in [3.63, 3.8) is 0 Å². The number of ether oxygens (including phenoxy) is 1. The van der Waals surface area contributed by atoms with Gasteiger partial charge in [0.25, 0.3) is 5.69 Å². The highest BCUT2D eigenvalue weighted by Crippen LogP contribution is 2.34. The molecule has 19 heavy (non-hydrogen) atoms. The quantitative estimate of drug-likeness (QED) is 0.635. The maximum Gasteiger partial charge on any atom is 0.272 e. The van der Waals surface area contributed by atoms with Gasteiger partial charge < -0.3 is 10.1 Å². The van der Waals surface area contributed by atoms with E-state index in [9.17, 15) is 14.5 Å². The number of hydrogen-bond donors (Lipinski definition) is 1. The van der Waals surface area contributed by atoms with Gasteiger partial charge in [0.1, 0.15) is 5.82 Å². The normalized spacial score (nSPS) is 16.9. The fraction of sp³-hybridized carbons (Fsp3) is 0.538. The molecule has 0 radical (unpaired) electrons. The van der Waals surface area contributed by atoms with E-state index >= 15 is 0 Å². The zero-order valence-electron chi connectivity index (χ0n) is 10.8. The zero-order valence-corrected chi connectivity index (χ0v) is 10.8. The van der Waals surface area contributed by atoms with Crippen LogP contribution in [-0.2, 0) is 11.3 Å². The molecule has 6 heteroatoms. The van der Waals surface area contributed by atoms with E-state index in [4.69, 9.17) is 4.74 Å². The number of nitro benzene ring substituents is 1. The fourth-order valence-electron chi connectivity index (χ4n) is 2.30. The summed E-state index contributed by atoms with van der Waals surface area (Å²) in [5.41, 5.74) is 0.235.